The van der Waals surface area contributed by atoms with Gasteiger partial charge in [-0.15, -0.1) is 13.2 Å². The van der Waals surface area contributed by atoms with Crippen molar-refractivity contribution in [2.75, 3.05) is 44.2 Å². The molecule has 13 heteroatoms. The van der Waals surface area contributed by atoms with E-state index in [2.05, 4.69) is 25.6 Å². The Morgan fingerprint density at radius 2 is 1.68 bits per heavy atom. The van der Waals surface area contributed by atoms with Crippen molar-refractivity contribution in [3.05, 3.63) is 26.7 Å². The molecule has 0 atom stereocenters. The van der Waals surface area contributed by atoms with Crippen LogP contribution in [0.2, 0.25) is 0 Å². The number of nitro benzene ring substituents is 1. The second kappa shape index (κ2) is 10.1. The second-order valence-corrected chi connectivity index (χ2v) is 10.2. The van der Waals surface area contributed by atoms with Crippen LogP contribution < -0.4 is 9.64 Å². The number of carbonyl (C=O) groups excluding carboxylic acids is 1. The van der Waals surface area contributed by atoms with Crippen LogP contribution in [0.4, 0.5) is 29.3 Å². The summed E-state index contributed by atoms with van der Waals surface area (Å²) in [6, 6.07) is 2.38. The van der Waals surface area contributed by atoms with E-state index in [4.69, 9.17) is 4.74 Å². The largest absolute Gasteiger partial charge is 0.573 e. The number of hydrogen-bond donors (Lipinski definition) is 0. The Morgan fingerprint density at radius 3 is 2.18 bits per heavy atom. The van der Waals surface area contributed by atoms with Gasteiger partial charge < -0.3 is 19.3 Å². The highest BCUT2D eigenvalue weighted by atomic mass is 79.9. The van der Waals surface area contributed by atoms with E-state index in [-0.39, 0.29) is 12.1 Å². The quantitative estimate of drug-likeness (QED) is 0.392. The molecule has 3 rings (SSSR count). The molecule has 0 saturated carbocycles. The molecule has 0 N–H and O–H groups in total. The lowest BCUT2D eigenvalue weighted by Crippen LogP contribution is -2.55. The fourth-order valence-corrected chi connectivity index (χ4v) is 4.77. The van der Waals surface area contributed by atoms with E-state index in [1.807, 2.05) is 25.7 Å². The summed E-state index contributed by atoms with van der Waals surface area (Å²) in [5, 5.41) is 11.2. The standard InChI is InChI=1S/C21H28BrF3N4O5/c1-20(2,3)34-19(30)28-10-8-26(9-11-28)14-4-6-27(7-5-14)16-13-18(33-21(23,24)25)17(29(31)32)12-15(16)22/h12-14H,4-11H2,1-3H3. The predicted octanol–water partition coefficient (Wildman–Crippen LogP) is 4.78. The number of benzene rings is 1. The first-order valence-corrected chi connectivity index (χ1v) is 11.7. The van der Waals surface area contributed by atoms with Crippen LogP contribution in [0, 0.1) is 10.1 Å². The molecule has 2 fully saturated rings. The molecular weight excluding hydrogens is 525 g/mol. The first-order chi connectivity index (χ1) is 15.7. The minimum Gasteiger partial charge on any atom is -0.444 e. The van der Waals surface area contributed by atoms with Crippen LogP contribution in [0.1, 0.15) is 33.6 Å². The monoisotopic (exact) mass is 552 g/mol. The molecule has 2 aliphatic rings. The molecule has 0 bridgehead atoms. The number of hydrogen-bond acceptors (Lipinski definition) is 7. The van der Waals surface area contributed by atoms with Crippen LogP contribution in [0.15, 0.2) is 16.6 Å². The summed E-state index contributed by atoms with van der Waals surface area (Å²) in [5.41, 5.74) is -0.887. The molecule has 2 heterocycles. The van der Waals surface area contributed by atoms with E-state index < -0.39 is 28.3 Å². The Kier molecular flexibility index (Phi) is 7.85. The van der Waals surface area contributed by atoms with Gasteiger partial charge in [-0.1, -0.05) is 0 Å². The van der Waals surface area contributed by atoms with E-state index in [0.717, 1.165) is 25.0 Å². The fraction of sp³-hybridized carbons (Fsp3) is 0.667. The molecule has 9 nitrogen and oxygen atoms in total. The molecule has 1 amide bonds. The summed E-state index contributed by atoms with van der Waals surface area (Å²) in [4.78, 5) is 28.5. The Balaban J connectivity index is 1.60. The first kappa shape index (κ1) is 26.3. The summed E-state index contributed by atoms with van der Waals surface area (Å²) >= 11 is 3.25. The van der Waals surface area contributed by atoms with Crippen LogP contribution in [-0.2, 0) is 4.74 Å². The summed E-state index contributed by atoms with van der Waals surface area (Å²) in [6.45, 7) is 9.20. The van der Waals surface area contributed by atoms with Gasteiger partial charge in [-0.25, -0.2) is 4.79 Å². The third kappa shape index (κ3) is 6.87. The van der Waals surface area contributed by atoms with Crippen LogP contribution in [-0.4, -0.2) is 78.1 Å². The Bertz CT molecular complexity index is 909. The third-order valence-corrected chi connectivity index (χ3v) is 6.37. The van der Waals surface area contributed by atoms with Crippen molar-refractivity contribution in [2.45, 2.75) is 51.6 Å². The van der Waals surface area contributed by atoms with Crippen LogP contribution in [0.5, 0.6) is 5.75 Å². The maximum atomic E-state index is 12.8. The Hall–Kier alpha value is -2.28. The van der Waals surface area contributed by atoms with Gasteiger partial charge in [0.15, 0.2) is 0 Å². The zero-order valence-electron chi connectivity index (χ0n) is 19.2. The summed E-state index contributed by atoms with van der Waals surface area (Å²) in [5.74, 6) is -0.837. The first-order valence-electron chi connectivity index (χ1n) is 10.9. The molecule has 1 aromatic carbocycles. The average Bonchev–Trinajstić information content (AvgIpc) is 2.72. The second-order valence-electron chi connectivity index (χ2n) is 9.30. The fourth-order valence-electron chi connectivity index (χ4n) is 4.19. The lowest BCUT2D eigenvalue weighted by Gasteiger charge is -2.43. The minimum atomic E-state index is -5.04. The molecule has 2 saturated heterocycles. The topological polar surface area (TPSA) is 88.4 Å². The highest BCUT2D eigenvalue weighted by molar-refractivity contribution is 9.10. The molecule has 0 spiro atoms. The lowest BCUT2D eigenvalue weighted by atomic mass is 10.0. The van der Waals surface area contributed by atoms with Gasteiger partial charge in [-0.2, -0.15) is 0 Å². The number of anilines is 1. The zero-order chi connectivity index (χ0) is 25.3. The van der Waals surface area contributed by atoms with E-state index in [0.29, 0.717) is 49.4 Å². The maximum Gasteiger partial charge on any atom is 0.573 e. The molecular formula is C21H28BrF3N4O5. The van der Waals surface area contributed by atoms with Crippen molar-refractivity contribution in [1.29, 1.82) is 0 Å². The summed E-state index contributed by atoms with van der Waals surface area (Å²) in [7, 11) is 0. The van der Waals surface area contributed by atoms with Crippen LogP contribution in [0.3, 0.4) is 0 Å². The number of piperidine rings is 1. The van der Waals surface area contributed by atoms with E-state index in [1.54, 1.807) is 4.90 Å². The SMILES string of the molecule is CC(C)(C)OC(=O)N1CCN(C2CCN(c3cc(OC(F)(F)F)c([N+](=O)[O-])cc3Br)CC2)CC1. The van der Waals surface area contributed by atoms with Crippen LogP contribution in [0.25, 0.3) is 0 Å². The molecule has 2 aliphatic heterocycles. The summed E-state index contributed by atoms with van der Waals surface area (Å²) < 4.78 is 48.0. The lowest BCUT2D eigenvalue weighted by molar-refractivity contribution is -0.388. The smallest absolute Gasteiger partial charge is 0.444 e. The highest BCUT2D eigenvalue weighted by Crippen LogP contribution is 2.41. The zero-order valence-corrected chi connectivity index (χ0v) is 20.8. The number of alkyl halides is 3. The van der Waals surface area contributed by atoms with Crippen molar-refractivity contribution in [3.8, 4) is 5.75 Å². The normalized spacial score (nSPS) is 18.7. The minimum absolute atomic E-state index is 0.278. The van der Waals surface area contributed by atoms with E-state index in [1.165, 1.54) is 0 Å². The van der Waals surface area contributed by atoms with Gasteiger partial charge >= 0.3 is 18.1 Å². The average molecular weight is 553 g/mol. The van der Waals surface area contributed by atoms with Gasteiger partial charge in [0.25, 0.3) is 0 Å². The molecule has 0 aliphatic carbocycles. The van der Waals surface area contributed by atoms with Crippen molar-refractivity contribution in [3.63, 3.8) is 0 Å². The van der Waals surface area contributed by atoms with Crippen molar-refractivity contribution < 1.29 is 32.4 Å². The Labute approximate surface area is 204 Å². The maximum absolute atomic E-state index is 12.8. The van der Waals surface area contributed by atoms with Gasteiger partial charge in [-0.3, -0.25) is 15.0 Å². The van der Waals surface area contributed by atoms with Crippen molar-refractivity contribution in [2.24, 2.45) is 0 Å². The summed E-state index contributed by atoms with van der Waals surface area (Å²) in [6.07, 6.45) is -3.82. The number of carbonyl (C=O) groups is 1. The molecule has 190 valence electrons. The molecule has 0 radical (unpaired) electrons. The highest BCUT2D eigenvalue weighted by Gasteiger charge is 2.36. The number of amides is 1. The van der Waals surface area contributed by atoms with Gasteiger partial charge in [0.2, 0.25) is 5.75 Å². The number of rotatable bonds is 4. The van der Waals surface area contributed by atoms with Crippen molar-refractivity contribution in [1.82, 2.24) is 9.80 Å². The van der Waals surface area contributed by atoms with Crippen molar-refractivity contribution >= 4 is 33.4 Å². The number of ether oxygens (including phenoxy) is 2. The number of nitro groups is 1. The molecule has 1 aromatic rings. The van der Waals surface area contributed by atoms with E-state index in [9.17, 15) is 28.1 Å². The van der Waals surface area contributed by atoms with Gasteiger partial charge in [0.1, 0.15) is 5.60 Å². The Morgan fingerprint density at radius 1 is 1.09 bits per heavy atom. The van der Waals surface area contributed by atoms with Gasteiger partial charge in [0, 0.05) is 61.9 Å². The number of piperazine rings is 1. The molecule has 34 heavy (non-hydrogen) atoms. The van der Waals surface area contributed by atoms with Gasteiger partial charge in [0.05, 0.1) is 10.6 Å². The molecule has 0 aromatic heterocycles. The predicted molar refractivity (Wildman–Crippen MR) is 122 cm³/mol. The number of halogens is 4. The van der Waals surface area contributed by atoms with E-state index >= 15 is 0 Å². The van der Waals surface area contributed by atoms with Gasteiger partial charge in [-0.05, 0) is 49.5 Å². The molecule has 0 unspecified atom stereocenters. The third-order valence-electron chi connectivity index (χ3n) is 5.74. The van der Waals surface area contributed by atoms with Crippen LogP contribution >= 0.6 is 15.9 Å². The number of nitrogens with zero attached hydrogens (tertiary/aromatic N) is 4.